The zero-order chi connectivity index (χ0) is 21.5. The first-order chi connectivity index (χ1) is 14.5. The molecule has 30 heavy (non-hydrogen) atoms. The molecule has 3 rings (SSSR count). The van der Waals surface area contributed by atoms with Gasteiger partial charge in [-0.15, -0.1) is 6.42 Å². The van der Waals surface area contributed by atoms with Crippen LogP contribution in [0.1, 0.15) is 36.0 Å². The minimum atomic E-state index is -0.217. The predicted molar refractivity (Wildman–Crippen MR) is 115 cm³/mol. The number of esters is 1. The molecule has 0 bridgehead atoms. The lowest BCUT2D eigenvalue weighted by Crippen LogP contribution is -2.41. The average Bonchev–Trinajstić information content (AvgIpc) is 2.77. The van der Waals surface area contributed by atoms with Crippen LogP contribution in [0, 0.1) is 24.2 Å². The van der Waals surface area contributed by atoms with Gasteiger partial charge in [-0.25, -0.2) is 0 Å². The van der Waals surface area contributed by atoms with E-state index in [2.05, 4.69) is 15.8 Å². The number of pyridine rings is 1. The number of likely N-dealkylation sites (tertiary alicyclic amines) is 1. The predicted octanol–water partition coefficient (Wildman–Crippen LogP) is 3.34. The summed E-state index contributed by atoms with van der Waals surface area (Å²) in [5.74, 6) is 3.66. The summed E-state index contributed by atoms with van der Waals surface area (Å²) in [6.45, 7) is 2.22. The summed E-state index contributed by atoms with van der Waals surface area (Å²) in [6, 6.07) is 7.32. The Morgan fingerprint density at radius 3 is 2.83 bits per heavy atom. The van der Waals surface area contributed by atoms with Crippen molar-refractivity contribution in [2.75, 3.05) is 33.9 Å². The number of Topliss-reactive ketones (excluding diaryl/α,β-unsaturated/α-hetero) is 1. The van der Waals surface area contributed by atoms with Crippen molar-refractivity contribution in [3.63, 3.8) is 0 Å². The van der Waals surface area contributed by atoms with Crippen molar-refractivity contribution in [3.8, 4) is 18.1 Å². The molecule has 1 aliphatic rings. The second-order valence-corrected chi connectivity index (χ2v) is 7.73. The molecule has 1 fully saturated rings. The number of hydrogen-bond donors (Lipinski definition) is 0. The molecule has 0 amide bonds. The van der Waals surface area contributed by atoms with Gasteiger partial charge in [-0.2, -0.15) is 0 Å². The van der Waals surface area contributed by atoms with Crippen LogP contribution in [-0.2, 0) is 9.53 Å². The fourth-order valence-electron chi connectivity index (χ4n) is 4.28. The largest absolute Gasteiger partial charge is 0.497 e. The molecule has 0 aliphatic carbocycles. The highest BCUT2D eigenvalue weighted by atomic mass is 16.5. The lowest BCUT2D eigenvalue weighted by molar-refractivity contribution is -0.142. The summed E-state index contributed by atoms with van der Waals surface area (Å²) in [6.07, 6.45) is 9.55. The number of piperidine rings is 1. The van der Waals surface area contributed by atoms with Crippen molar-refractivity contribution in [2.24, 2.45) is 11.8 Å². The Labute approximate surface area is 177 Å². The molecule has 2 aromatic rings. The number of benzene rings is 1. The molecule has 1 aromatic heterocycles. The van der Waals surface area contributed by atoms with Crippen molar-refractivity contribution >= 4 is 22.7 Å². The minimum Gasteiger partial charge on any atom is -0.497 e. The van der Waals surface area contributed by atoms with Gasteiger partial charge < -0.3 is 9.47 Å². The van der Waals surface area contributed by atoms with Crippen LogP contribution in [0.5, 0.6) is 5.75 Å². The van der Waals surface area contributed by atoms with E-state index in [1.165, 1.54) is 7.11 Å². The van der Waals surface area contributed by atoms with Crippen LogP contribution in [0.4, 0.5) is 0 Å². The minimum absolute atomic E-state index is 0.0820. The van der Waals surface area contributed by atoms with Gasteiger partial charge in [-0.3, -0.25) is 19.5 Å². The Morgan fingerprint density at radius 1 is 1.27 bits per heavy atom. The second kappa shape index (κ2) is 10.2. The van der Waals surface area contributed by atoms with Gasteiger partial charge in [0.15, 0.2) is 5.78 Å². The average molecular weight is 408 g/mol. The molecule has 1 saturated heterocycles. The van der Waals surface area contributed by atoms with Crippen LogP contribution in [0.3, 0.4) is 0 Å². The van der Waals surface area contributed by atoms with E-state index in [9.17, 15) is 9.59 Å². The molecule has 0 N–H and O–H groups in total. The van der Waals surface area contributed by atoms with E-state index < -0.39 is 0 Å². The number of rotatable bonds is 8. The van der Waals surface area contributed by atoms with E-state index in [1.807, 2.05) is 18.2 Å². The molecule has 6 nitrogen and oxygen atoms in total. The maximum atomic E-state index is 13.1. The summed E-state index contributed by atoms with van der Waals surface area (Å²) in [4.78, 5) is 31.5. The zero-order valence-corrected chi connectivity index (χ0v) is 17.6. The van der Waals surface area contributed by atoms with E-state index in [-0.39, 0.29) is 23.6 Å². The smallest absolute Gasteiger partial charge is 0.305 e. The van der Waals surface area contributed by atoms with Crippen LogP contribution in [0.2, 0.25) is 0 Å². The Kier molecular flexibility index (Phi) is 7.42. The lowest BCUT2D eigenvalue weighted by atomic mass is 9.79. The molecule has 1 aliphatic heterocycles. The fourth-order valence-corrected chi connectivity index (χ4v) is 4.28. The topological polar surface area (TPSA) is 68.7 Å². The van der Waals surface area contributed by atoms with Crippen LogP contribution in [-0.4, -0.2) is 55.5 Å². The standard InChI is InChI=1S/C24H28N2O4/c1-4-12-26-13-10-17(18(16-26)14-24(28)30-3)5-8-23(27)20-9-11-25-22-7-6-19(29-2)15-21(20)22/h1,6-7,9,11,15,17-18H,5,8,10,12-14,16H2,2-3H3/t17-,18+/m1/s1. The Bertz CT molecular complexity index is 950. The quantitative estimate of drug-likeness (QED) is 0.379. The van der Waals surface area contributed by atoms with Crippen LogP contribution in [0.25, 0.3) is 10.9 Å². The maximum absolute atomic E-state index is 13.1. The number of terminal acetylenes is 1. The number of methoxy groups -OCH3 is 2. The number of ketones is 1. The number of nitrogens with zero attached hydrogens (tertiary/aromatic N) is 2. The lowest BCUT2D eigenvalue weighted by Gasteiger charge is -2.37. The Hall–Kier alpha value is -2.91. The first-order valence-electron chi connectivity index (χ1n) is 10.2. The van der Waals surface area contributed by atoms with Gasteiger partial charge in [0.2, 0.25) is 0 Å². The highest BCUT2D eigenvalue weighted by Gasteiger charge is 2.31. The molecule has 2 heterocycles. The van der Waals surface area contributed by atoms with Crippen molar-refractivity contribution in [1.29, 1.82) is 0 Å². The van der Waals surface area contributed by atoms with Gasteiger partial charge in [-0.1, -0.05) is 5.92 Å². The molecule has 2 atom stereocenters. The highest BCUT2D eigenvalue weighted by Crippen LogP contribution is 2.31. The van der Waals surface area contributed by atoms with Gasteiger partial charge in [0.1, 0.15) is 5.75 Å². The molecule has 6 heteroatoms. The molecular formula is C24H28N2O4. The molecule has 0 spiro atoms. The van der Waals surface area contributed by atoms with Crippen molar-refractivity contribution in [1.82, 2.24) is 9.88 Å². The SMILES string of the molecule is C#CCN1CC[C@@H](CCC(=O)c2ccnc3ccc(OC)cc23)[C@@H](CC(=O)OC)C1. The van der Waals surface area contributed by atoms with E-state index >= 15 is 0 Å². The highest BCUT2D eigenvalue weighted by molar-refractivity contribution is 6.07. The van der Waals surface area contributed by atoms with Gasteiger partial charge in [0.05, 0.1) is 26.3 Å². The summed E-state index contributed by atoms with van der Waals surface area (Å²) in [5.41, 5.74) is 1.43. The third-order valence-corrected chi connectivity index (χ3v) is 5.94. The summed E-state index contributed by atoms with van der Waals surface area (Å²) in [7, 11) is 3.01. The summed E-state index contributed by atoms with van der Waals surface area (Å²) < 4.78 is 10.2. The third-order valence-electron chi connectivity index (χ3n) is 5.94. The number of aromatic nitrogens is 1. The number of carbonyl (C=O) groups excluding carboxylic acids is 2. The molecule has 0 radical (unpaired) electrons. The van der Waals surface area contributed by atoms with Crippen molar-refractivity contribution in [3.05, 3.63) is 36.0 Å². The third kappa shape index (κ3) is 5.17. The van der Waals surface area contributed by atoms with E-state index in [0.717, 1.165) is 36.8 Å². The molecule has 0 unspecified atom stereocenters. The van der Waals surface area contributed by atoms with E-state index in [4.69, 9.17) is 15.9 Å². The molecule has 1 aromatic carbocycles. The van der Waals surface area contributed by atoms with E-state index in [1.54, 1.807) is 19.4 Å². The van der Waals surface area contributed by atoms with Gasteiger partial charge in [0.25, 0.3) is 0 Å². The zero-order valence-electron chi connectivity index (χ0n) is 17.6. The van der Waals surface area contributed by atoms with Crippen LogP contribution < -0.4 is 4.74 Å². The monoisotopic (exact) mass is 408 g/mol. The van der Waals surface area contributed by atoms with Crippen LogP contribution in [0.15, 0.2) is 30.5 Å². The van der Waals surface area contributed by atoms with Crippen LogP contribution >= 0.6 is 0 Å². The number of fused-ring (bicyclic) bond motifs is 1. The normalized spacial score (nSPS) is 19.2. The van der Waals surface area contributed by atoms with Crippen molar-refractivity contribution < 1.29 is 19.1 Å². The first-order valence-corrected chi connectivity index (χ1v) is 10.2. The Balaban J connectivity index is 1.71. The summed E-state index contributed by atoms with van der Waals surface area (Å²) >= 11 is 0. The van der Waals surface area contributed by atoms with Gasteiger partial charge >= 0.3 is 5.97 Å². The van der Waals surface area contributed by atoms with Gasteiger partial charge in [0, 0.05) is 36.5 Å². The first kappa shape index (κ1) is 21.8. The number of carbonyl (C=O) groups is 2. The number of ether oxygens (including phenoxy) is 2. The maximum Gasteiger partial charge on any atom is 0.305 e. The second-order valence-electron chi connectivity index (χ2n) is 7.73. The number of hydrogen-bond acceptors (Lipinski definition) is 6. The molecule has 158 valence electrons. The fraction of sp³-hybridized carbons (Fsp3) is 0.458. The van der Waals surface area contributed by atoms with Crippen molar-refractivity contribution in [2.45, 2.75) is 25.7 Å². The Morgan fingerprint density at radius 2 is 2.10 bits per heavy atom. The van der Waals surface area contributed by atoms with Gasteiger partial charge in [-0.05, 0) is 55.5 Å². The molecular weight excluding hydrogens is 380 g/mol. The summed E-state index contributed by atoms with van der Waals surface area (Å²) in [5, 5.41) is 0.803. The van der Waals surface area contributed by atoms with E-state index in [0.29, 0.717) is 30.7 Å². The molecule has 0 saturated carbocycles.